The number of carbonyl (C=O) groups excluding carboxylic acids is 1. The van der Waals surface area contributed by atoms with Crippen LogP contribution in [0.5, 0.6) is 0 Å². The Morgan fingerprint density at radius 1 is 0.882 bits per heavy atom. The van der Waals surface area contributed by atoms with E-state index >= 15 is 0 Å². The van der Waals surface area contributed by atoms with Crippen molar-refractivity contribution in [3.05, 3.63) is 71.8 Å². The van der Waals surface area contributed by atoms with Crippen molar-refractivity contribution in [3.8, 4) is 0 Å². The summed E-state index contributed by atoms with van der Waals surface area (Å²) in [5.41, 5.74) is 1.80. The summed E-state index contributed by atoms with van der Waals surface area (Å²) in [5.74, 6) is -0.0375. The zero-order chi connectivity index (χ0) is 11.2. The molecule has 1 N–H and O–H groups in total. The lowest BCUT2D eigenvalue weighted by atomic mass is 10.2. The Morgan fingerprint density at radius 2 is 1.41 bits per heavy atom. The standard InChI is InChI=1S/C14H13NO.ClH/c16-14(13-9-5-2-6-10-13)15-11-12-7-3-1-4-8-12;/h1-10H,11H2,(H,15,16);1H. The Morgan fingerprint density at radius 3 is 2.00 bits per heavy atom. The summed E-state index contributed by atoms with van der Waals surface area (Å²) in [6, 6.07) is 19.1. The van der Waals surface area contributed by atoms with Crippen LogP contribution in [0.3, 0.4) is 0 Å². The highest BCUT2D eigenvalue weighted by Crippen LogP contribution is 2.01. The van der Waals surface area contributed by atoms with Crippen LogP contribution in [0.4, 0.5) is 0 Å². The van der Waals surface area contributed by atoms with Gasteiger partial charge in [0, 0.05) is 12.1 Å². The van der Waals surface area contributed by atoms with Crippen molar-refractivity contribution in [3.63, 3.8) is 0 Å². The number of hydrogen-bond acceptors (Lipinski definition) is 1. The van der Waals surface area contributed by atoms with E-state index in [-0.39, 0.29) is 18.3 Å². The minimum atomic E-state index is -0.0375. The molecule has 3 heteroatoms. The molecule has 0 saturated heterocycles. The topological polar surface area (TPSA) is 29.1 Å². The van der Waals surface area contributed by atoms with Crippen LogP contribution in [0.25, 0.3) is 0 Å². The summed E-state index contributed by atoms with van der Waals surface area (Å²) < 4.78 is 0. The molecule has 0 heterocycles. The lowest BCUT2D eigenvalue weighted by molar-refractivity contribution is 0.0951. The summed E-state index contributed by atoms with van der Waals surface area (Å²) in [4.78, 5) is 11.7. The van der Waals surface area contributed by atoms with Crippen LogP contribution >= 0.6 is 12.4 Å². The van der Waals surface area contributed by atoms with Crippen LogP contribution in [0.2, 0.25) is 0 Å². The van der Waals surface area contributed by atoms with Crippen LogP contribution in [0.15, 0.2) is 60.7 Å². The van der Waals surface area contributed by atoms with E-state index in [1.54, 1.807) is 12.1 Å². The maximum Gasteiger partial charge on any atom is 0.251 e. The molecule has 0 radical (unpaired) electrons. The van der Waals surface area contributed by atoms with E-state index in [0.717, 1.165) is 5.56 Å². The van der Waals surface area contributed by atoms with E-state index in [4.69, 9.17) is 0 Å². The molecule has 0 aromatic heterocycles. The average molecular weight is 248 g/mol. The molecule has 0 aliphatic carbocycles. The molecule has 2 aromatic rings. The molecule has 2 rings (SSSR count). The fourth-order valence-electron chi connectivity index (χ4n) is 1.47. The maximum atomic E-state index is 11.7. The van der Waals surface area contributed by atoms with Crippen molar-refractivity contribution in [1.29, 1.82) is 0 Å². The molecular weight excluding hydrogens is 234 g/mol. The van der Waals surface area contributed by atoms with Crippen molar-refractivity contribution in [2.24, 2.45) is 0 Å². The third-order valence-electron chi connectivity index (χ3n) is 2.33. The molecule has 0 unspecified atom stereocenters. The van der Waals surface area contributed by atoms with Gasteiger partial charge in [0.05, 0.1) is 0 Å². The number of hydrogen-bond donors (Lipinski definition) is 1. The molecule has 1 amide bonds. The first-order valence-corrected chi connectivity index (χ1v) is 5.23. The fourth-order valence-corrected chi connectivity index (χ4v) is 1.47. The van der Waals surface area contributed by atoms with E-state index in [1.165, 1.54) is 0 Å². The number of nitrogens with one attached hydrogen (secondary N) is 1. The molecule has 0 bridgehead atoms. The number of amides is 1. The SMILES string of the molecule is Cl.O=C(NCc1ccccc1)c1ccccc1. The van der Waals surface area contributed by atoms with E-state index in [0.29, 0.717) is 12.1 Å². The summed E-state index contributed by atoms with van der Waals surface area (Å²) in [6.07, 6.45) is 0. The third-order valence-corrected chi connectivity index (χ3v) is 2.33. The predicted molar refractivity (Wildman–Crippen MR) is 71.3 cm³/mol. The maximum absolute atomic E-state index is 11.7. The van der Waals surface area contributed by atoms with Crippen molar-refractivity contribution in [1.82, 2.24) is 5.32 Å². The normalized spacial score (nSPS) is 9.18. The number of halogens is 1. The molecule has 0 spiro atoms. The highest BCUT2D eigenvalue weighted by atomic mass is 35.5. The van der Waals surface area contributed by atoms with Crippen molar-refractivity contribution in [2.75, 3.05) is 0 Å². The monoisotopic (exact) mass is 247 g/mol. The summed E-state index contributed by atoms with van der Waals surface area (Å²) in [5, 5.41) is 2.88. The van der Waals surface area contributed by atoms with Gasteiger partial charge in [-0.15, -0.1) is 12.4 Å². The van der Waals surface area contributed by atoms with E-state index < -0.39 is 0 Å². The van der Waals surface area contributed by atoms with Crippen LogP contribution in [0.1, 0.15) is 15.9 Å². The number of rotatable bonds is 3. The Balaban J connectivity index is 0.00000144. The number of benzene rings is 2. The van der Waals surface area contributed by atoms with Gasteiger partial charge in [0.2, 0.25) is 0 Å². The molecule has 0 aliphatic rings. The average Bonchev–Trinajstić information content (AvgIpc) is 2.38. The minimum absolute atomic E-state index is 0. The van der Waals surface area contributed by atoms with Gasteiger partial charge in [-0.25, -0.2) is 0 Å². The summed E-state index contributed by atoms with van der Waals surface area (Å²) in [6.45, 7) is 0.564. The Labute approximate surface area is 107 Å². The minimum Gasteiger partial charge on any atom is -0.348 e. The third kappa shape index (κ3) is 3.93. The quantitative estimate of drug-likeness (QED) is 0.888. The molecule has 88 valence electrons. The number of carbonyl (C=O) groups is 1. The lowest BCUT2D eigenvalue weighted by Gasteiger charge is -2.04. The first-order valence-electron chi connectivity index (χ1n) is 5.23. The Bertz CT molecular complexity index is 456. The molecule has 0 aliphatic heterocycles. The lowest BCUT2D eigenvalue weighted by Crippen LogP contribution is -2.22. The van der Waals surface area contributed by atoms with Gasteiger partial charge in [-0.1, -0.05) is 48.5 Å². The molecule has 17 heavy (non-hydrogen) atoms. The van der Waals surface area contributed by atoms with Crippen LogP contribution in [-0.4, -0.2) is 5.91 Å². The molecule has 2 nitrogen and oxygen atoms in total. The van der Waals surface area contributed by atoms with E-state index in [9.17, 15) is 4.79 Å². The fraction of sp³-hybridized carbons (Fsp3) is 0.0714. The largest absolute Gasteiger partial charge is 0.348 e. The molecule has 2 aromatic carbocycles. The Kier molecular flexibility index (Phi) is 5.24. The van der Waals surface area contributed by atoms with Gasteiger partial charge in [-0.2, -0.15) is 0 Å². The second-order valence-electron chi connectivity index (χ2n) is 3.53. The first kappa shape index (κ1) is 13.3. The Hall–Kier alpha value is -1.80. The van der Waals surface area contributed by atoms with Gasteiger partial charge in [0.15, 0.2) is 0 Å². The molecule has 0 saturated carbocycles. The second-order valence-corrected chi connectivity index (χ2v) is 3.53. The smallest absolute Gasteiger partial charge is 0.251 e. The first-order chi connectivity index (χ1) is 7.86. The van der Waals surface area contributed by atoms with Gasteiger partial charge < -0.3 is 5.32 Å². The van der Waals surface area contributed by atoms with Gasteiger partial charge in [-0.3, -0.25) is 4.79 Å². The summed E-state index contributed by atoms with van der Waals surface area (Å²) in [7, 11) is 0. The second kappa shape index (κ2) is 6.71. The highest BCUT2D eigenvalue weighted by Gasteiger charge is 2.02. The van der Waals surface area contributed by atoms with E-state index in [2.05, 4.69) is 5.32 Å². The van der Waals surface area contributed by atoms with Gasteiger partial charge in [-0.05, 0) is 17.7 Å². The molecule has 0 fully saturated rings. The molecule has 0 atom stereocenters. The summed E-state index contributed by atoms with van der Waals surface area (Å²) >= 11 is 0. The van der Waals surface area contributed by atoms with Crippen LogP contribution in [0, 0.1) is 0 Å². The van der Waals surface area contributed by atoms with Gasteiger partial charge >= 0.3 is 0 Å². The highest BCUT2D eigenvalue weighted by molar-refractivity contribution is 5.94. The van der Waals surface area contributed by atoms with Crippen molar-refractivity contribution >= 4 is 18.3 Å². The predicted octanol–water partition coefficient (Wildman–Crippen LogP) is 3.04. The van der Waals surface area contributed by atoms with Gasteiger partial charge in [0.25, 0.3) is 5.91 Å². The van der Waals surface area contributed by atoms with Gasteiger partial charge in [0.1, 0.15) is 0 Å². The van der Waals surface area contributed by atoms with Crippen LogP contribution < -0.4 is 5.32 Å². The van der Waals surface area contributed by atoms with Crippen molar-refractivity contribution < 1.29 is 4.79 Å². The van der Waals surface area contributed by atoms with E-state index in [1.807, 2.05) is 48.5 Å². The zero-order valence-corrected chi connectivity index (χ0v) is 10.1. The molecular formula is C14H14ClNO. The zero-order valence-electron chi connectivity index (χ0n) is 9.30. The van der Waals surface area contributed by atoms with Crippen LogP contribution in [-0.2, 0) is 6.54 Å². The van der Waals surface area contributed by atoms with Crippen molar-refractivity contribution in [2.45, 2.75) is 6.54 Å².